The number of amides is 1. The van der Waals surface area contributed by atoms with Crippen LogP contribution in [0.3, 0.4) is 0 Å². The lowest BCUT2D eigenvalue weighted by atomic mass is 10.1. The first-order valence-electron chi connectivity index (χ1n) is 6.50. The van der Waals surface area contributed by atoms with Crippen molar-refractivity contribution in [3.05, 3.63) is 0 Å². The van der Waals surface area contributed by atoms with Gasteiger partial charge in [0.25, 0.3) is 0 Å². The molecule has 0 aromatic carbocycles. The monoisotopic (exact) mass is 242 g/mol. The molecule has 1 amide bonds. The Morgan fingerprint density at radius 3 is 2.59 bits per heavy atom. The van der Waals surface area contributed by atoms with Crippen molar-refractivity contribution in [3.8, 4) is 0 Å². The molecule has 0 saturated carbocycles. The molecule has 2 aliphatic heterocycles. The van der Waals surface area contributed by atoms with Crippen LogP contribution < -0.4 is 10.6 Å². The van der Waals surface area contributed by atoms with E-state index in [-0.39, 0.29) is 5.91 Å². The Morgan fingerprint density at radius 2 is 1.88 bits per heavy atom. The van der Waals surface area contributed by atoms with Crippen molar-refractivity contribution < 1.29 is 14.3 Å². The summed E-state index contributed by atoms with van der Waals surface area (Å²) in [5.74, 6) is 0.668. The molecule has 2 rings (SSSR count). The van der Waals surface area contributed by atoms with E-state index >= 15 is 0 Å². The van der Waals surface area contributed by atoms with E-state index in [1.807, 2.05) is 0 Å². The molecule has 0 aromatic rings. The Morgan fingerprint density at radius 1 is 1.12 bits per heavy atom. The maximum absolute atomic E-state index is 11.6. The molecule has 2 fully saturated rings. The van der Waals surface area contributed by atoms with Crippen LogP contribution in [-0.2, 0) is 14.3 Å². The number of nitrogens with one attached hydrogen (secondary N) is 2. The van der Waals surface area contributed by atoms with E-state index < -0.39 is 0 Å². The first kappa shape index (κ1) is 12.8. The fraction of sp³-hybridized carbons (Fsp3) is 0.917. The zero-order chi connectivity index (χ0) is 11.9. The Labute approximate surface area is 102 Å². The second kappa shape index (κ2) is 6.93. The summed E-state index contributed by atoms with van der Waals surface area (Å²) < 4.78 is 10.5. The summed E-state index contributed by atoms with van der Waals surface area (Å²) in [4.78, 5) is 11.6. The van der Waals surface area contributed by atoms with Crippen molar-refractivity contribution in [2.45, 2.75) is 25.3 Å². The van der Waals surface area contributed by atoms with Gasteiger partial charge in [0.2, 0.25) is 5.91 Å². The molecule has 2 heterocycles. The predicted octanol–water partition coefficient (Wildman–Crippen LogP) is -0.0923. The molecule has 17 heavy (non-hydrogen) atoms. The standard InChI is InChI=1S/C12H22N2O3/c15-12(14-11-2-5-16-6-3-11)8-13-7-10-1-4-17-9-10/h10-11,13H,1-9H2,(H,14,15). The minimum atomic E-state index is 0.0933. The Kier molecular flexibility index (Phi) is 5.22. The average Bonchev–Trinajstić information content (AvgIpc) is 2.83. The van der Waals surface area contributed by atoms with Crippen LogP contribution in [0.4, 0.5) is 0 Å². The zero-order valence-electron chi connectivity index (χ0n) is 10.2. The van der Waals surface area contributed by atoms with Gasteiger partial charge in [-0.1, -0.05) is 0 Å². The van der Waals surface area contributed by atoms with Gasteiger partial charge in [-0.3, -0.25) is 4.79 Å². The molecule has 0 bridgehead atoms. The predicted molar refractivity (Wildman–Crippen MR) is 63.8 cm³/mol. The molecular formula is C12H22N2O3. The summed E-state index contributed by atoms with van der Waals surface area (Å²) in [6, 6.07) is 0.299. The summed E-state index contributed by atoms with van der Waals surface area (Å²) in [5.41, 5.74) is 0. The highest BCUT2D eigenvalue weighted by molar-refractivity contribution is 5.78. The maximum atomic E-state index is 11.6. The minimum absolute atomic E-state index is 0.0933. The molecule has 2 saturated heterocycles. The van der Waals surface area contributed by atoms with Crippen LogP contribution in [0.25, 0.3) is 0 Å². The molecule has 0 spiro atoms. The van der Waals surface area contributed by atoms with Crippen molar-refractivity contribution in [1.29, 1.82) is 0 Å². The third-order valence-electron chi connectivity index (χ3n) is 3.33. The van der Waals surface area contributed by atoms with E-state index in [0.29, 0.717) is 18.5 Å². The van der Waals surface area contributed by atoms with Gasteiger partial charge in [0.05, 0.1) is 13.2 Å². The number of hydrogen-bond donors (Lipinski definition) is 2. The Bertz CT molecular complexity index is 236. The number of hydrogen-bond acceptors (Lipinski definition) is 4. The van der Waals surface area contributed by atoms with Crippen LogP contribution in [0.5, 0.6) is 0 Å². The summed E-state index contributed by atoms with van der Waals surface area (Å²) in [7, 11) is 0. The van der Waals surface area contributed by atoms with E-state index in [4.69, 9.17) is 9.47 Å². The van der Waals surface area contributed by atoms with Gasteiger partial charge >= 0.3 is 0 Å². The second-order valence-corrected chi connectivity index (χ2v) is 4.81. The molecule has 2 N–H and O–H groups in total. The molecule has 0 radical (unpaired) electrons. The van der Waals surface area contributed by atoms with Gasteiger partial charge in [-0.15, -0.1) is 0 Å². The summed E-state index contributed by atoms with van der Waals surface area (Å²) in [5, 5.41) is 6.22. The smallest absolute Gasteiger partial charge is 0.234 e. The van der Waals surface area contributed by atoms with Gasteiger partial charge in [0.15, 0.2) is 0 Å². The van der Waals surface area contributed by atoms with Crippen LogP contribution in [-0.4, -0.2) is 51.5 Å². The second-order valence-electron chi connectivity index (χ2n) is 4.81. The topological polar surface area (TPSA) is 59.6 Å². The fourth-order valence-corrected chi connectivity index (χ4v) is 2.25. The van der Waals surface area contributed by atoms with E-state index in [1.165, 1.54) is 0 Å². The normalized spacial score (nSPS) is 26.0. The van der Waals surface area contributed by atoms with Crippen LogP contribution in [0.1, 0.15) is 19.3 Å². The summed E-state index contributed by atoms with van der Waals surface area (Å²) in [6.07, 6.45) is 2.97. The van der Waals surface area contributed by atoms with Crippen LogP contribution >= 0.6 is 0 Å². The molecule has 98 valence electrons. The Hall–Kier alpha value is -0.650. The van der Waals surface area contributed by atoms with Crippen LogP contribution in [0, 0.1) is 5.92 Å². The van der Waals surface area contributed by atoms with Crippen molar-refractivity contribution in [3.63, 3.8) is 0 Å². The third-order valence-corrected chi connectivity index (χ3v) is 3.33. The summed E-state index contributed by atoms with van der Waals surface area (Å²) in [6.45, 7) is 4.50. The van der Waals surface area contributed by atoms with Crippen molar-refractivity contribution in [1.82, 2.24) is 10.6 Å². The summed E-state index contributed by atoms with van der Waals surface area (Å²) >= 11 is 0. The highest BCUT2D eigenvalue weighted by atomic mass is 16.5. The molecule has 5 heteroatoms. The first-order chi connectivity index (χ1) is 8.34. The zero-order valence-corrected chi connectivity index (χ0v) is 10.2. The number of carbonyl (C=O) groups is 1. The van der Waals surface area contributed by atoms with Crippen molar-refractivity contribution in [2.24, 2.45) is 5.92 Å². The lowest BCUT2D eigenvalue weighted by Crippen LogP contribution is -2.43. The highest BCUT2D eigenvalue weighted by Crippen LogP contribution is 2.10. The fourth-order valence-electron chi connectivity index (χ4n) is 2.25. The SMILES string of the molecule is O=C(CNCC1CCOC1)NC1CCOCC1. The lowest BCUT2D eigenvalue weighted by molar-refractivity contribution is -0.121. The molecule has 2 aliphatic rings. The number of rotatable bonds is 5. The van der Waals surface area contributed by atoms with E-state index in [2.05, 4.69) is 10.6 Å². The third kappa shape index (κ3) is 4.61. The molecule has 0 aromatic heterocycles. The van der Waals surface area contributed by atoms with E-state index in [1.54, 1.807) is 0 Å². The van der Waals surface area contributed by atoms with Crippen LogP contribution in [0.2, 0.25) is 0 Å². The maximum Gasteiger partial charge on any atom is 0.234 e. The number of carbonyl (C=O) groups excluding carboxylic acids is 1. The van der Waals surface area contributed by atoms with Gasteiger partial charge in [0.1, 0.15) is 0 Å². The molecule has 1 atom stereocenters. The van der Waals surface area contributed by atoms with E-state index in [9.17, 15) is 4.79 Å². The quantitative estimate of drug-likeness (QED) is 0.707. The largest absolute Gasteiger partial charge is 0.381 e. The lowest BCUT2D eigenvalue weighted by Gasteiger charge is -2.23. The Balaban J connectivity index is 1.53. The van der Waals surface area contributed by atoms with Gasteiger partial charge in [-0.25, -0.2) is 0 Å². The van der Waals surface area contributed by atoms with Crippen molar-refractivity contribution in [2.75, 3.05) is 39.5 Å². The van der Waals surface area contributed by atoms with Crippen LogP contribution in [0.15, 0.2) is 0 Å². The molecule has 0 aliphatic carbocycles. The van der Waals surface area contributed by atoms with Crippen molar-refractivity contribution >= 4 is 5.91 Å². The number of ether oxygens (including phenoxy) is 2. The molecule has 1 unspecified atom stereocenters. The first-order valence-corrected chi connectivity index (χ1v) is 6.50. The van der Waals surface area contributed by atoms with Gasteiger partial charge < -0.3 is 20.1 Å². The van der Waals surface area contributed by atoms with Gasteiger partial charge in [0, 0.05) is 32.4 Å². The molecular weight excluding hydrogens is 220 g/mol. The minimum Gasteiger partial charge on any atom is -0.381 e. The molecule has 5 nitrogen and oxygen atoms in total. The van der Waals surface area contributed by atoms with Gasteiger partial charge in [-0.2, -0.15) is 0 Å². The highest BCUT2D eigenvalue weighted by Gasteiger charge is 2.17. The van der Waals surface area contributed by atoms with Gasteiger partial charge in [-0.05, 0) is 25.2 Å². The van der Waals surface area contributed by atoms with E-state index in [0.717, 1.165) is 52.2 Å². The average molecular weight is 242 g/mol.